The van der Waals surface area contributed by atoms with Crippen molar-refractivity contribution in [2.45, 2.75) is 19.5 Å². The molecule has 1 aromatic heterocycles. The third kappa shape index (κ3) is 3.58. The maximum absolute atomic E-state index is 13.9. The fraction of sp³-hybridized carbons (Fsp3) is 0.500. The lowest BCUT2D eigenvalue weighted by Crippen LogP contribution is -2.41. The van der Waals surface area contributed by atoms with Gasteiger partial charge < -0.3 is 9.80 Å². The second-order valence-electron chi connectivity index (χ2n) is 7.81. The summed E-state index contributed by atoms with van der Waals surface area (Å²) in [4.78, 5) is 23.3. The van der Waals surface area contributed by atoms with Crippen molar-refractivity contribution in [3.63, 3.8) is 0 Å². The predicted molar refractivity (Wildman–Crippen MR) is 104 cm³/mol. The number of hydrogen-bond donors (Lipinski definition) is 0. The van der Waals surface area contributed by atoms with Crippen LogP contribution in [0.15, 0.2) is 29.6 Å². The first-order valence-electron chi connectivity index (χ1n) is 9.29. The van der Waals surface area contributed by atoms with E-state index in [1.165, 1.54) is 6.07 Å². The highest BCUT2D eigenvalue weighted by molar-refractivity contribution is 7.09. The topological polar surface area (TPSA) is 39.7 Å². The van der Waals surface area contributed by atoms with Gasteiger partial charge >= 0.3 is 6.03 Å². The smallest absolute Gasteiger partial charge is 0.320 e. The predicted octanol–water partition coefficient (Wildman–Crippen LogP) is 3.38. The average Bonchev–Trinajstić information content (AvgIpc) is 3.28. The first kappa shape index (κ1) is 18.4. The van der Waals surface area contributed by atoms with E-state index in [2.05, 4.69) is 15.3 Å². The molecule has 0 saturated carbocycles. The van der Waals surface area contributed by atoms with E-state index in [9.17, 15) is 9.18 Å². The zero-order valence-electron chi connectivity index (χ0n) is 15.9. The molecule has 144 valence electrons. The Bertz CT molecular complexity index is 839. The molecule has 2 fully saturated rings. The molecule has 27 heavy (non-hydrogen) atoms. The Balaban J connectivity index is 1.57. The van der Waals surface area contributed by atoms with E-state index in [4.69, 9.17) is 0 Å². The van der Waals surface area contributed by atoms with Crippen LogP contribution in [0.1, 0.15) is 22.3 Å². The fourth-order valence-electron chi connectivity index (χ4n) is 4.55. The maximum atomic E-state index is 13.9. The monoisotopic (exact) mass is 388 g/mol. The van der Waals surface area contributed by atoms with Crippen LogP contribution in [-0.4, -0.2) is 59.4 Å². The number of carbonyl (C=O) groups is 1. The fourth-order valence-corrected chi connectivity index (χ4v) is 5.15. The van der Waals surface area contributed by atoms with Gasteiger partial charge in [-0.15, -0.1) is 11.3 Å². The molecule has 0 radical (unpaired) electrons. The minimum Gasteiger partial charge on any atom is -0.331 e. The Morgan fingerprint density at radius 2 is 2.15 bits per heavy atom. The minimum absolute atomic E-state index is 0.000312. The number of urea groups is 1. The summed E-state index contributed by atoms with van der Waals surface area (Å²) in [5.74, 6) is 0.471. The van der Waals surface area contributed by atoms with Crippen LogP contribution >= 0.6 is 11.3 Å². The Kier molecular flexibility index (Phi) is 4.90. The van der Waals surface area contributed by atoms with Gasteiger partial charge in [-0.25, -0.2) is 14.2 Å². The summed E-state index contributed by atoms with van der Waals surface area (Å²) in [5.41, 5.74) is 2.00. The lowest BCUT2D eigenvalue weighted by molar-refractivity contribution is 0.151. The Morgan fingerprint density at radius 1 is 1.33 bits per heavy atom. The number of halogens is 1. The molecule has 2 aliphatic heterocycles. The van der Waals surface area contributed by atoms with Crippen LogP contribution in [0.5, 0.6) is 0 Å². The van der Waals surface area contributed by atoms with Gasteiger partial charge in [0.25, 0.3) is 0 Å². The van der Waals surface area contributed by atoms with Crippen molar-refractivity contribution in [3.05, 3.63) is 51.7 Å². The van der Waals surface area contributed by atoms with Gasteiger partial charge in [-0.1, -0.05) is 12.1 Å². The second-order valence-corrected chi connectivity index (χ2v) is 8.87. The maximum Gasteiger partial charge on any atom is 0.320 e. The number of rotatable bonds is 3. The van der Waals surface area contributed by atoms with Crippen LogP contribution in [0.3, 0.4) is 0 Å². The SMILES string of the molecule is Cc1nc(CN2C[C@@H]3CN(C(=O)N(C)C)[C@H](c4cccc(F)c4)[C@@H]3C2)cs1. The number of nitrogens with zero attached hydrogens (tertiary/aromatic N) is 4. The van der Waals surface area contributed by atoms with Gasteiger partial charge in [0.2, 0.25) is 0 Å². The number of fused-ring (bicyclic) bond motifs is 1. The van der Waals surface area contributed by atoms with Gasteiger partial charge in [-0.2, -0.15) is 0 Å². The molecule has 0 spiro atoms. The number of aryl methyl sites for hydroxylation is 1. The molecule has 2 aliphatic rings. The molecule has 0 bridgehead atoms. The van der Waals surface area contributed by atoms with Gasteiger partial charge in [0.1, 0.15) is 5.82 Å². The van der Waals surface area contributed by atoms with Gasteiger partial charge in [0, 0.05) is 51.6 Å². The van der Waals surface area contributed by atoms with E-state index in [1.54, 1.807) is 42.5 Å². The number of thiazole rings is 1. The molecule has 0 N–H and O–H groups in total. The zero-order valence-corrected chi connectivity index (χ0v) is 16.7. The van der Waals surface area contributed by atoms with E-state index in [-0.39, 0.29) is 17.9 Å². The van der Waals surface area contributed by atoms with Crippen molar-refractivity contribution in [1.82, 2.24) is 19.7 Å². The zero-order chi connectivity index (χ0) is 19.1. The number of hydrogen-bond acceptors (Lipinski definition) is 4. The molecule has 2 aromatic rings. The number of aromatic nitrogens is 1. The molecule has 4 rings (SSSR count). The van der Waals surface area contributed by atoms with Crippen LogP contribution in [0.4, 0.5) is 9.18 Å². The summed E-state index contributed by atoms with van der Waals surface area (Å²) in [5, 5.41) is 3.21. The molecule has 2 saturated heterocycles. The van der Waals surface area contributed by atoms with Gasteiger partial charge in [-0.3, -0.25) is 4.90 Å². The quantitative estimate of drug-likeness (QED) is 0.809. The molecule has 3 atom stereocenters. The van der Waals surface area contributed by atoms with Crippen LogP contribution in [0, 0.1) is 24.6 Å². The third-order valence-corrected chi connectivity index (χ3v) is 6.43. The van der Waals surface area contributed by atoms with Crippen molar-refractivity contribution >= 4 is 17.4 Å². The summed E-state index contributed by atoms with van der Waals surface area (Å²) in [6.45, 7) is 5.44. The first-order valence-corrected chi connectivity index (χ1v) is 10.2. The summed E-state index contributed by atoms with van der Waals surface area (Å²) in [6, 6.07) is 6.64. The van der Waals surface area contributed by atoms with Crippen molar-refractivity contribution in [3.8, 4) is 0 Å². The number of carbonyl (C=O) groups excluding carboxylic acids is 1. The summed E-state index contributed by atoms with van der Waals surface area (Å²) < 4.78 is 13.9. The second kappa shape index (κ2) is 7.20. The highest BCUT2D eigenvalue weighted by Gasteiger charge is 2.49. The highest BCUT2D eigenvalue weighted by Crippen LogP contribution is 2.45. The van der Waals surface area contributed by atoms with E-state index >= 15 is 0 Å². The summed E-state index contributed by atoms with van der Waals surface area (Å²) >= 11 is 1.68. The number of amides is 2. The Hall–Kier alpha value is -1.99. The first-order chi connectivity index (χ1) is 12.9. The van der Waals surface area contributed by atoms with Crippen molar-refractivity contribution in [2.24, 2.45) is 11.8 Å². The van der Waals surface area contributed by atoms with Crippen LogP contribution in [0.25, 0.3) is 0 Å². The molecular weight excluding hydrogens is 363 g/mol. The van der Waals surface area contributed by atoms with Gasteiger partial charge in [0.05, 0.1) is 16.7 Å². The summed E-state index contributed by atoms with van der Waals surface area (Å²) in [6.07, 6.45) is 0. The molecule has 0 aliphatic carbocycles. The molecule has 0 unspecified atom stereocenters. The third-order valence-electron chi connectivity index (χ3n) is 5.61. The van der Waals surface area contributed by atoms with E-state index in [0.717, 1.165) is 42.4 Å². The molecular formula is C20H25FN4OS. The lowest BCUT2D eigenvalue weighted by Gasteiger charge is -2.31. The normalized spacial score (nSPS) is 25.0. The van der Waals surface area contributed by atoms with Crippen LogP contribution < -0.4 is 0 Å². The minimum atomic E-state index is -0.249. The number of benzene rings is 1. The van der Waals surface area contributed by atoms with E-state index in [1.807, 2.05) is 17.9 Å². The summed E-state index contributed by atoms with van der Waals surface area (Å²) in [7, 11) is 3.55. The highest BCUT2D eigenvalue weighted by atomic mass is 32.1. The molecule has 2 amide bonds. The molecule has 7 heteroatoms. The van der Waals surface area contributed by atoms with E-state index < -0.39 is 0 Å². The molecule has 3 heterocycles. The van der Waals surface area contributed by atoms with Crippen molar-refractivity contribution < 1.29 is 9.18 Å². The van der Waals surface area contributed by atoms with Crippen molar-refractivity contribution in [2.75, 3.05) is 33.7 Å². The average molecular weight is 389 g/mol. The van der Waals surface area contributed by atoms with Gasteiger partial charge in [-0.05, 0) is 30.5 Å². The van der Waals surface area contributed by atoms with Crippen LogP contribution in [-0.2, 0) is 6.54 Å². The van der Waals surface area contributed by atoms with Gasteiger partial charge in [0.15, 0.2) is 0 Å². The largest absolute Gasteiger partial charge is 0.331 e. The molecule has 5 nitrogen and oxygen atoms in total. The number of likely N-dealkylation sites (tertiary alicyclic amines) is 2. The molecule has 1 aromatic carbocycles. The van der Waals surface area contributed by atoms with Crippen LogP contribution in [0.2, 0.25) is 0 Å². The Morgan fingerprint density at radius 3 is 2.81 bits per heavy atom. The lowest BCUT2D eigenvalue weighted by atomic mass is 9.89. The standard InChI is InChI=1S/C20H25FN4OS/c1-13-22-17(12-27-13)10-24-8-15-9-25(20(26)23(2)3)19(18(15)11-24)14-5-4-6-16(21)7-14/h4-7,12,15,18-19H,8-11H2,1-3H3/t15-,18-,19-/m1/s1. The van der Waals surface area contributed by atoms with Crippen molar-refractivity contribution in [1.29, 1.82) is 0 Å². The van der Waals surface area contributed by atoms with E-state index in [0.29, 0.717) is 11.8 Å². The Labute approximate surface area is 163 Å².